The van der Waals surface area contributed by atoms with Crippen molar-refractivity contribution in [1.82, 2.24) is 20.4 Å². The van der Waals surface area contributed by atoms with Gasteiger partial charge in [-0.05, 0) is 6.42 Å². The molecule has 0 saturated heterocycles. The minimum absolute atomic E-state index is 0.0174. The summed E-state index contributed by atoms with van der Waals surface area (Å²) < 4.78 is 0. The molecule has 0 unspecified atom stereocenters. The first-order valence-electron chi connectivity index (χ1n) is 5.63. The molecule has 0 atom stereocenters. The number of rotatable bonds is 4. The van der Waals surface area contributed by atoms with Crippen molar-refractivity contribution in [2.24, 2.45) is 0 Å². The standard InChI is InChI=1S/C9H14B2N4S2/c1-4-5-12-15-8(16-5)11-9(2,3)6-13-14-7(10)17-6/h11H,4,10H2,1-3H3. The third kappa shape index (κ3) is 2.93. The monoisotopic (exact) mass is 264 g/mol. The third-order valence-electron chi connectivity index (χ3n) is 2.51. The Kier molecular flexibility index (Phi) is 3.63. The Bertz CT molecular complexity index is 509. The van der Waals surface area contributed by atoms with Gasteiger partial charge in [-0.2, -0.15) is 10.2 Å². The van der Waals surface area contributed by atoms with Crippen LogP contribution in [0.2, 0.25) is 0 Å². The fourth-order valence-corrected chi connectivity index (χ4v) is 3.33. The molecule has 2 aromatic heterocycles. The van der Waals surface area contributed by atoms with E-state index in [0.717, 1.165) is 33.5 Å². The summed E-state index contributed by atoms with van der Waals surface area (Å²) in [5, 5.41) is 18.9. The first kappa shape index (κ1) is 12.7. The number of hydrogen-bond acceptors (Lipinski definition) is 6. The molecule has 0 aliphatic carbocycles. The minimum atomic E-state index is -0.0174. The summed E-state index contributed by atoms with van der Waals surface area (Å²) >= 11 is 3.36. The molecular formula is C9H14B2N4S2. The molecule has 0 aliphatic heterocycles. The fraction of sp³-hybridized carbons (Fsp3) is 0.556. The van der Waals surface area contributed by atoms with E-state index in [1.165, 1.54) is 0 Å². The normalized spacial score (nSPS) is 11.7. The molecule has 0 amide bonds. The molecule has 88 valence electrons. The molecule has 2 rings (SSSR count). The van der Waals surface area contributed by atoms with Gasteiger partial charge in [0.05, 0.1) is 9.81 Å². The van der Waals surface area contributed by atoms with Crippen LogP contribution >= 0.6 is 22.7 Å². The molecule has 17 heavy (non-hydrogen) atoms. The van der Waals surface area contributed by atoms with Crippen LogP contribution in [0.3, 0.4) is 0 Å². The van der Waals surface area contributed by atoms with Crippen LogP contribution in [0, 0.1) is 0 Å². The molecule has 4 nitrogen and oxygen atoms in total. The summed E-state index contributed by atoms with van der Waals surface area (Å²) in [5.41, 5.74) is 0. The number of aromatic nitrogens is 4. The van der Waals surface area contributed by atoms with E-state index in [-0.39, 0.29) is 5.31 Å². The van der Waals surface area contributed by atoms with Gasteiger partial charge in [-0.1, -0.05) is 20.8 Å². The van der Waals surface area contributed by atoms with E-state index in [0.29, 0.717) is 0 Å². The summed E-state index contributed by atoms with van der Waals surface area (Å²) in [6, 6.07) is 0. The van der Waals surface area contributed by atoms with Crippen molar-refractivity contribution in [3.8, 4) is 0 Å². The Morgan fingerprint density at radius 2 is 1.94 bits per heavy atom. The topological polar surface area (TPSA) is 51.6 Å². The molecule has 0 fully saturated rings. The average molecular weight is 264 g/mol. The predicted octanol–water partition coefficient (Wildman–Crippen LogP) is -0.793. The van der Waals surface area contributed by atoms with E-state index in [9.17, 15) is 0 Å². The molecule has 8 heteroatoms. The highest BCUT2D eigenvalue weighted by atomic mass is 32.1. The van der Waals surface area contributed by atoms with Gasteiger partial charge in [0.2, 0.25) is 7.28 Å². The lowest BCUT2D eigenvalue weighted by Crippen LogP contribution is -2.34. The Balaban J connectivity index is 2.16. The highest BCUT2D eigenvalue weighted by Crippen LogP contribution is 2.22. The van der Waals surface area contributed by atoms with E-state index in [1.54, 1.807) is 22.7 Å². The van der Waals surface area contributed by atoms with Crippen LogP contribution in [0.25, 0.3) is 0 Å². The van der Waals surface area contributed by atoms with Crippen molar-refractivity contribution in [1.29, 1.82) is 0 Å². The van der Waals surface area contributed by atoms with Gasteiger partial charge >= 0.3 is 0 Å². The zero-order valence-corrected chi connectivity index (χ0v) is 12.2. The average Bonchev–Trinajstić information content (AvgIpc) is 2.86. The highest BCUT2D eigenvalue weighted by Gasteiger charge is 2.28. The number of aryl methyl sites for hydroxylation is 1. The molecule has 0 spiro atoms. The Labute approximate surface area is 111 Å². The van der Waals surface area contributed by atoms with Gasteiger partial charge in [-0.3, -0.25) is 0 Å². The number of nitrogens with zero attached hydrogens (tertiary/aromatic N) is 4. The van der Waals surface area contributed by atoms with Crippen LogP contribution in [-0.4, -0.2) is 35.5 Å². The van der Waals surface area contributed by atoms with Gasteiger partial charge in [0.25, 0.3) is 0 Å². The summed E-state index contributed by atoms with van der Waals surface area (Å²) in [7, 11) is 2.86. The summed E-state index contributed by atoms with van der Waals surface area (Å²) in [6.45, 7) is 6.46. The van der Waals surface area contributed by atoms with Gasteiger partial charge < -0.3 is 0 Å². The molecule has 0 bridgehead atoms. The van der Waals surface area contributed by atoms with Crippen LogP contribution in [0.15, 0.2) is 0 Å². The fourth-order valence-electron chi connectivity index (χ4n) is 1.53. The molecule has 2 aromatic rings. The second kappa shape index (κ2) is 4.86. The SMILES string of the molecule is Bc1nnc(C(C)(C)Bc2nnc(CC)s2)s1. The van der Waals surface area contributed by atoms with Gasteiger partial charge in [0.1, 0.15) is 10.0 Å². The largest absolute Gasteiger partial charge is 0.211 e. The van der Waals surface area contributed by atoms with E-state index >= 15 is 0 Å². The predicted molar refractivity (Wildman–Crippen MR) is 77.2 cm³/mol. The second-order valence-corrected chi connectivity index (χ2v) is 6.96. The maximum Gasteiger partial charge on any atom is 0.211 e. The first-order valence-corrected chi connectivity index (χ1v) is 7.26. The Morgan fingerprint density at radius 1 is 1.18 bits per heavy atom. The van der Waals surface area contributed by atoms with E-state index in [2.05, 4.69) is 41.2 Å². The first-order chi connectivity index (χ1) is 8.01. The minimum Gasteiger partial charge on any atom is -0.155 e. The third-order valence-corrected chi connectivity index (χ3v) is 4.78. The zero-order chi connectivity index (χ0) is 12.5. The molecule has 0 aliphatic rings. The molecule has 2 heterocycles. The maximum atomic E-state index is 4.24. The van der Waals surface area contributed by atoms with Crippen LogP contribution in [-0.2, 0) is 11.7 Å². The van der Waals surface area contributed by atoms with E-state index in [4.69, 9.17) is 0 Å². The van der Waals surface area contributed by atoms with Crippen LogP contribution < -0.4 is 9.81 Å². The van der Waals surface area contributed by atoms with E-state index in [1.807, 2.05) is 7.85 Å². The molecule has 0 radical (unpaired) electrons. The lowest BCUT2D eigenvalue weighted by atomic mass is 9.55. The Hall–Kier alpha value is -0.750. The Morgan fingerprint density at radius 3 is 2.47 bits per heavy atom. The molecular weight excluding hydrogens is 250 g/mol. The molecule has 0 N–H and O–H groups in total. The smallest absolute Gasteiger partial charge is 0.155 e. The summed E-state index contributed by atoms with van der Waals surface area (Å²) in [4.78, 5) is 2.10. The summed E-state index contributed by atoms with van der Waals surface area (Å²) in [5.74, 6) is 0. The van der Waals surface area contributed by atoms with Crippen molar-refractivity contribution >= 4 is 47.6 Å². The van der Waals surface area contributed by atoms with Crippen molar-refractivity contribution < 1.29 is 0 Å². The molecule has 0 aromatic carbocycles. The van der Waals surface area contributed by atoms with Crippen LogP contribution in [0.1, 0.15) is 30.8 Å². The van der Waals surface area contributed by atoms with Crippen molar-refractivity contribution in [2.45, 2.75) is 32.5 Å². The summed E-state index contributed by atoms with van der Waals surface area (Å²) in [6.07, 6.45) is 0.954. The van der Waals surface area contributed by atoms with Crippen molar-refractivity contribution in [2.75, 3.05) is 0 Å². The second-order valence-electron chi connectivity index (χ2n) is 4.63. The van der Waals surface area contributed by atoms with Gasteiger partial charge in [0, 0.05) is 5.31 Å². The van der Waals surface area contributed by atoms with Gasteiger partial charge in [-0.25, -0.2) is 0 Å². The molecule has 0 saturated carbocycles. The lowest BCUT2D eigenvalue weighted by Gasteiger charge is -2.17. The van der Waals surface area contributed by atoms with Gasteiger partial charge in [-0.15, -0.1) is 32.9 Å². The highest BCUT2D eigenvalue weighted by molar-refractivity contribution is 7.21. The zero-order valence-electron chi connectivity index (χ0n) is 10.5. The van der Waals surface area contributed by atoms with Gasteiger partial charge in [0.15, 0.2) is 7.85 Å². The van der Waals surface area contributed by atoms with Crippen molar-refractivity contribution in [3.05, 3.63) is 10.0 Å². The maximum absolute atomic E-state index is 4.24. The van der Waals surface area contributed by atoms with Crippen LogP contribution in [0.4, 0.5) is 0 Å². The van der Waals surface area contributed by atoms with Crippen LogP contribution in [0.5, 0.6) is 0 Å². The van der Waals surface area contributed by atoms with Crippen molar-refractivity contribution in [3.63, 3.8) is 0 Å². The quantitative estimate of drug-likeness (QED) is 0.679. The van der Waals surface area contributed by atoms with E-state index < -0.39 is 0 Å². The number of hydrogen-bond donors (Lipinski definition) is 0. The lowest BCUT2D eigenvalue weighted by molar-refractivity contribution is 0.730.